The van der Waals surface area contributed by atoms with E-state index in [2.05, 4.69) is 24.1 Å². The van der Waals surface area contributed by atoms with Gasteiger partial charge in [-0.2, -0.15) is 0 Å². The van der Waals surface area contributed by atoms with Gasteiger partial charge in [-0.05, 0) is 24.9 Å². The van der Waals surface area contributed by atoms with Crippen LogP contribution in [0.5, 0.6) is 5.88 Å². The molecular formula is C12H21N3O. The van der Waals surface area contributed by atoms with Crippen molar-refractivity contribution in [3.63, 3.8) is 0 Å². The number of rotatable bonds is 6. The maximum Gasteiger partial charge on any atom is 0.214 e. The Labute approximate surface area is 97.2 Å². The highest BCUT2D eigenvalue weighted by Crippen LogP contribution is 2.17. The summed E-state index contributed by atoms with van der Waals surface area (Å²) in [6, 6.07) is 4.22. The van der Waals surface area contributed by atoms with Gasteiger partial charge in [0, 0.05) is 24.0 Å². The largest absolute Gasteiger partial charge is 0.481 e. The van der Waals surface area contributed by atoms with Gasteiger partial charge in [0.1, 0.15) is 0 Å². The van der Waals surface area contributed by atoms with Crippen molar-refractivity contribution in [3.05, 3.63) is 18.3 Å². The van der Waals surface area contributed by atoms with Crippen molar-refractivity contribution in [3.8, 4) is 5.88 Å². The Morgan fingerprint density at radius 2 is 2.25 bits per heavy atom. The Morgan fingerprint density at radius 3 is 2.81 bits per heavy atom. The van der Waals surface area contributed by atoms with Crippen LogP contribution in [0.3, 0.4) is 0 Å². The van der Waals surface area contributed by atoms with Crippen LogP contribution in [0.4, 0.5) is 5.69 Å². The van der Waals surface area contributed by atoms with Crippen LogP contribution in [-0.4, -0.2) is 24.7 Å². The van der Waals surface area contributed by atoms with E-state index >= 15 is 0 Å². The van der Waals surface area contributed by atoms with Gasteiger partial charge in [0.2, 0.25) is 5.88 Å². The summed E-state index contributed by atoms with van der Waals surface area (Å²) in [5.74, 6) is 1.17. The normalized spacial score (nSPS) is 12.6. The highest BCUT2D eigenvalue weighted by atomic mass is 16.5. The van der Waals surface area contributed by atoms with E-state index in [4.69, 9.17) is 10.5 Å². The summed E-state index contributed by atoms with van der Waals surface area (Å²) in [7, 11) is 1.62. The molecule has 0 aliphatic heterocycles. The number of ether oxygens (including phenoxy) is 1. The Morgan fingerprint density at radius 1 is 1.50 bits per heavy atom. The lowest BCUT2D eigenvalue weighted by atomic mass is 10.0. The second-order valence-electron chi connectivity index (χ2n) is 4.16. The van der Waals surface area contributed by atoms with Crippen LogP contribution in [0.1, 0.15) is 20.3 Å². The van der Waals surface area contributed by atoms with Crippen molar-refractivity contribution >= 4 is 5.69 Å². The molecule has 0 radical (unpaired) electrons. The molecule has 0 spiro atoms. The predicted molar refractivity (Wildman–Crippen MR) is 66.7 cm³/mol. The molecule has 1 atom stereocenters. The monoisotopic (exact) mass is 223 g/mol. The number of nitrogens with one attached hydrogen (secondary N) is 1. The molecule has 1 aromatic rings. The third-order valence-corrected chi connectivity index (χ3v) is 2.58. The lowest BCUT2D eigenvalue weighted by Gasteiger charge is -2.23. The molecule has 0 saturated carbocycles. The molecule has 1 unspecified atom stereocenters. The third kappa shape index (κ3) is 3.70. The SMILES string of the molecule is COc1cc(NC(CCN)C(C)C)ccn1. The average Bonchev–Trinajstić information content (AvgIpc) is 2.28. The molecular weight excluding hydrogens is 202 g/mol. The molecule has 4 heteroatoms. The van der Waals surface area contributed by atoms with E-state index in [-0.39, 0.29) is 0 Å². The fourth-order valence-corrected chi connectivity index (χ4v) is 1.58. The van der Waals surface area contributed by atoms with E-state index in [9.17, 15) is 0 Å². The van der Waals surface area contributed by atoms with Crippen LogP contribution in [0, 0.1) is 5.92 Å². The number of pyridine rings is 1. The molecule has 1 heterocycles. The van der Waals surface area contributed by atoms with Crippen molar-refractivity contribution in [1.29, 1.82) is 0 Å². The van der Waals surface area contributed by atoms with Gasteiger partial charge in [-0.15, -0.1) is 0 Å². The molecule has 4 nitrogen and oxygen atoms in total. The fourth-order valence-electron chi connectivity index (χ4n) is 1.58. The standard InChI is InChI=1S/C12H21N3O/c1-9(2)11(4-6-13)15-10-5-7-14-12(8-10)16-3/h5,7-9,11H,4,6,13H2,1-3H3,(H,14,15). The fraction of sp³-hybridized carbons (Fsp3) is 0.583. The van der Waals surface area contributed by atoms with E-state index < -0.39 is 0 Å². The van der Waals surface area contributed by atoms with Crippen LogP contribution in [0.2, 0.25) is 0 Å². The van der Waals surface area contributed by atoms with E-state index in [1.165, 1.54) is 0 Å². The molecule has 90 valence electrons. The van der Waals surface area contributed by atoms with E-state index in [0.29, 0.717) is 24.4 Å². The number of nitrogens with zero attached hydrogens (tertiary/aromatic N) is 1. The topological polar surface area (TPSA) is 60.2 Å². The summed E-state index contributed by atoms with van der Waals surface area (Å²) >= 11 is 0. The number of methoxy groups -OCH3 is 1. The zero-order valence-electron chi connectivity index (χ0n) is 10.2. The Balaban J connectivity index is 2.68. The quantitative estimate of drug-likeness (QED) is 0.773. The second kappa shape index (κ2) is 6.33. The molecule has 0 bridgehead atoms. The number of anilines is 1. The van der Waals surface area contributed by atoms with Gasteiger partial charge >= 0.3 is 0 Å². The summed E-state index contributed by atoms with van der Waals surface area (Å²) in [5.41, 5.74) is 6.63. The number of hydrogen-bond acceptors (Lipinski definition) is 4. The molecule has 16 heavy (non-hydrogen) atoms. The number of aromatic nitrogens is 1. The Bertz CT molecular complexity index is 315. The van der Waals surface area contributed by atoms with Crippen LogP contribution in [-0.2, 0) is 0 Å². The molecule has 0 amide bonds. The molecule has 0 fully saturated rings. The zero-order chi connectivity index (χ0) is 12.0. The molecule has 1 aromatic heterocycles. The highest BCUT2D eigenvalue weighted by Gasteiger charge is 2.12. The molecule has 0 aliphatic rings. The molecule has 1 rings (SSSR count). The summed E-state index contributed by atoms with van der Waals surface area (Å²) in [6.45, 7) is 5.07. The summed E-state index contributed by atoms with van der Waals surface area (Å²) in [5, 5.41) is 3.45. The van der Waals surface area contributed by atoms with Gasteiger partial charge in [0.15, 0.2) is 0 Å². The second-order valence-corrected chi connectivity index (χ2v) is 4.16. The van der Waals surface area contributed by atoms with Crippen molar-refractivity contribution in [2.75, 3.05) is 19.0 Å². The number of nitrogens with two attached hydrogens (primary N) is 1. The minimum absolute atomic E-state index is 0.386. The molecule has 0 aromatic carbocycles. The summed E-state index contributed by atoms with van der Waals surface area (Å²) < 4.78 is 5.08. The van der Waals surface area contributed by atoms with Crippen molar-refractivity contribution in [2.24, 2.45) is 11.7 Å². The van der Waals surface area contributed by atoms with Crippen LogP contribution >= 0.6 is 0 Å². The maximum atomic E-state index is 5.60. The van der Waals surface area contributed by atoms with Gasteiger partial charge in [-0.1, -0.05) is 13.8 Å². The maximum absolute atomic E-state index is 5.60. The van der Waals surface area contributed by atoms with Crippen molar-refractivity contribution in [2.45, 2.75) is 26.3 Å². The zero-order valence-corrected chi connectivity index (χ0v) is 10.2. The third-order valence-electron chi connectivity index (χ3n) is 2.58. The first-order chi connectivity index (χ1) is 7.67. The lowest BCUT2D eigenvalue weighted by Crippen LogP contribution is -2.28. The smallest absolute Gasteiger partial charge is 0.214 e. The number of hydrogen-bond donors (Lipinski definition) is 2. The minimum Gasteiger partial charge on any atom is -0.481 e. The first kappa shape index (κ1) is 12.8. The summed E-state index contributed by atoms with van der Waals surface area (Å²) in [4.78, 5) is 4.07. The van der Waals surface area contributed by atoms with Gasteiger partial charge in [-0.3, -0.25) is 0 Å². The summed E-state index contributed by atoms with van der Waals surface area (Å²) in [6.07, 6.45) is 2.70. The van der Waals surface area contributed by atoms with E-state index in [1.807, 2.05) is 12.1 Å². The van der Waals surface area contributed by atoms with Gasteiger partial charge in [0.25, 0.3) is 0 Å². The van der Waals surface area contributed by atoms with Gasteiger partial charge < -0.3 is 15.8 Å². The molecule has 3 N–H and O–H groups in total. The van der Waals surface area contributed by atoms with Crippen molar-refractivity contribution < 1.29 is 4.74 Å². The lowest BCUT2D eigenvalue weighted by molar-refractivity contribution is 0.398. The van der Waals surface area contributed by atoms with Crippen LogP contribution in [0.25, 0.3) is 0 Å². The minimum atomic E-state index is 0.386. The Hall–Kier alpha value is -1.29. The first-order valence-corrected chi connectivity index (χ1v) is 5.64. The van der Waals surface area contributed by atoms with Crippen LogP contribution in [0.15, 0.2) is 18.3 Å². The van der Waals surface area contributed by atoms with Crippen molar-refractivity contribution in [1.82, 2.24) is 4.98 Å². The van der Waals surface area contributed by atoms with Gasteiger partial charge in [0.05, 0.1) is 7.11 Å². The van der Waals surface area contributed by atoms with Gasteiger partial charge in [-0.25, -0.2) is 4.98 Å². The molecule has 0 saturated heterocycles. The van der Waals surface area contributed by atoms with Crippen LogP contribution < -0.4 is 15.8 Å². The highest BCUT2D eigenvalue weighted by molar-refractivity contribution is 5.45. The first-order valence-electron chi connectivity index (χ1n) is 5.64. The van der Waals surface area contributed by atoms with E-state index in [0.717, 1.165) is 12.1 Å². The molecule has 0 aliphatic carbocycles. The average molecular weight is 223 g/mol. The van der Waals surface area contributed by atoms with E-state index in [1.54, 1.807) is 13.3 Å². The Kier molecular flexibility index (Phi) is 5.05. The predicted octanol–water partition coefficient (Wildman–Crippen LogP) is 1.88.